The molecule has 1 aromatic rings. The van der Waals surface area contributed by atoms with E-state index in [1.807, 2.05) is 0 Å². The van der Waals surface area contributed by atoms with Gasteiger partial charge < -0.3 is 0 Å². The molecule has 0 N–H and O–H groups in total. The summed E-state index contributed by atoms with van der Waals surface area (Å²) in [5.41, 5.74) is 0.359. The molecule has 100 valence electrons. The van der Waals surface area contributed by atoms with Crippen LogP contribution in [0, 0.1) is 5.92 Å². The lowest BCUT2D eigenvalue weighted by atomic mass is 10.0. The first-order valence-corrected chi connectivity index (χ1v) is 9.06. The van der Waals surface area contributed by atoms with Gasteiger partial charge in [-0.1, -0.05) is 44.2 Å². The quantitative estimate of drug-likeness (QED) is 0.823. The van der Waals surface area contributed by atoms with Gasteiger partial charge >= 0.3 is 0 Å². The Kier molecular flexibility index (Phi) is 3.06. The van der Waals surface area contributed by atoms with Gasteiger partial charge in [0.25, 0.3) is 0 Å². The van der Waals surface area contributed by atoms with E-state index in [9.17, 15) is 16.8 Å². The van der Waals surface area contributed by atoms with Crippen molar-refractivity contribution in [3.8, 4) is 0 Å². The third-order valence-electron chi connectivity index (χ3n) is 3.48. The van der Waals surface area contributed by atoms with Crippen LogP contribution in [0.5, 0.6) is 0 Å². The van der Waals surface area contributed by atoms with E-state index in [4.69, 9.17) is 0 Å². The Hall–Kier alpha value is -0.880. The molecule has 0 spiro atoms. The Labute approximate surface area is 108 Å². The molecule has 18 heavy (non-hydrogen) atoms. The largest absolute Gasteiger partial charge is 0.227 e. The highest BCUT2D eigenvalue weighted by Gasteiger charge is 2.62. The molecule has 1 fully saturated rings. The highest BCUT2D eigenvalue weighted by Crippen LogP contribution is 2.47. The molecule has 0 atom stereocenters. The summed E-state index contributed by atoms with van der Waals surface area (Å²) in [6, 6.07) is 8.25. The Morgan fingerprint density at radius 3 is 1.78 bits per heavy atom. The van der Waals surface area contributed by atoms with E-state index < -0.39 is 29.7 Å². The zero-order valence-corrected chi connectivity index (χ0v) is 12.0. The van der Waals surface area contributed by atoms with Crippen LogP contribution < -0.4 is 0 Å². The minimum Gasteiger partial charge on any atom is -0.227 e. The van der Waals surface area contributed by atoms with Crippen molar-refractivity contribution in [3.63, 3.8) is 0 Å². The van der Waals surface area contributed by atoms with Crippen LogP contribution in [-0.4, -0.2) is 28.3 Å². The predicted octanol–water partition coefficient (Wildman–Crippen LogP) is 1.34. The number of rotatable bonds is 2. The smallest absolute Gasteiger partial charge is 0.200 e. The monoisotopic (exact) mass is 288 g/mol. The van der Waals surface area contributed by atoms with Crippen molar-refractivity contribution in [3.05, 3.63) is 35.9 Å². The first-order chi connectivity index (χ1) is 8.26. The van der Waals surface area contributed by atoms with Gasteiger partial charge in [0, 0.05) is 0 Å². The minimum atomic E-state index is -3.70. The zero-order chi connectivity index (χ0) is 13.6. The van der Waals surface area contributed by atoms with Crippen LogP contribution in [0.1, 0.15) is 19.4 Å². The first kappa shape index (κ1) is 13.5. The molecule has 0 unspecified atom stereocenters. The lowest BCUT2D eigenvalue weighted by Crippen LogP contribution is -2.43. The molecular formula is C12H16O4S2. The summed E-state index contributed by atoms with van der Waals surface area (Å²) in [6.07, 6.45) is 0. The van der Waals surface area contributed by atoms with Gasteiger partial charge in [0.1, 0.15) is 0 Å². The SMILES string of the molecule is CC(C)C1(c2ccccc2)S(=O)(=O)CCS1(=O)=O. The second-order valence-electron chi connectivity index (χ2n) is 4.83. The summed E-state index contributed by atoms with van der Waals surface area (Å²) in [4.78, 5) is 0. The first-order valence-electron chi connectivity index (χ1n) is 5.76. The summed E-state index contributed by atoms with van der Waals surface area (Å²) >= 11 is 0. The molecule has 1 saturated heterocycles. The van der Waals surface area contributed by atoms with Gasteiger partial charge in [-0.05, 0) is 11.5 Å². The third-order valence-corrected chi connectivity index (χ3v) is 10.0. The van der Waals surface area contributed by atoms with E-state index in [0.717, 1.165) is 0 Å². The van der Waals surface area contributed by atoms with Gasteiger partial charge in [-0.2, -0.15) is 0 Å². The summed E-state index contributed by atoms with van der Waals surface area (Å²) in [6.45, 7) is 3.29. The van der Waals surface area contributed by atoms with Crippen LogP contribution in [0.4, 0.5) is 0 Å². The molecule has 0 aromatic heterocycles. The Morgan fingerprint density at radius 1 is 0.944 bits per heavy atom. The molecule has 0 bridgehead atoms. The number of benzene rings is 1. The van der Waals surface area contributed by atoms with Crippen LogP contribution in [0.15, 0.2) is 30.3 Å². The van der Waals surface area contributed by atoms with E-state index in [1.165, 1.54) is 0 Å². The lowest BCUT2D eigenvalue weighted by Gasteiger charge is -2.31. The topological polar surface area (TPSA) is 68.3 Å². The van der Waals surface area contributed by atoms with E-state index in [0.29, 0.717) is 5.56 Å². The number of hydrogen-bond acceptors (Lipinski definition) is 4. The standard InChI is InChI=1S/C12H16O4S2/c1-10(2)12(11-6-4-3-5-7-11)17(13,14)8-9-18(12,15)16/h3-7,10H,8-9H2,1-2H3. The van der Waals surface area contributed by atoms with Crippen LogP contribution in [0.2, 0.25) is 0 Å². The normalized spacial score (nSPS) is 24.2. The maximum absolute atomic E-state index is 12.4. The summed E-state index contributed by atoms with van der Waals surface area (Å²) < 4.78 is 47.7. The fourth-order valence-corrected chi connectivity index (χ4v) is 9.63. The molecule has 0 aliphatic carbocycles. The van der Waals surface area contributed by atoms with Crippen molar-refractivity contribution in [2.75, 3.05) is 11.5 Å². The summed E-state index contributed by atoms with van der Waals surface area (Å²) in [5.74, 6) is -1.09. The third kappa shape index (κ3) is 1.55. The highest BCUT2D eigenvalue weighted by molar-refractivity contribution is 8.12. The molecule has 0 radical (unpaired) electrons. The Morgan fingerprint density at radius 2 is 1.39 bits per heavy atom. The fraction of sp³-hybridized carbons (Fsp3) is 0.500. The van der Waals surface area contributed by atoms with E-state index in [1.54, 1.807) is 44.2 Å². The predicted molar refractivity (Wildman–Crippen MR) is 70.5 cm³/mol. The maximum atomic E-state index is 12.4. The summed E-state index contributed by atoms with van der Waals surface area (Å²) in [7, 11) is -7.39. The van der Waals surface area contributed by atoms with Gasteiger partial charge in [0.15, 0.2) is 23.8 Å². The van der Waals surface area contributed by atoms with Crippen molar-refractivity contribution < 1.29 is 16.8 Å². The second kappa shape index (κ2) is 4.06. The maximum Gasteiger partial charge on any atom is 0.200 e. The molecule has 0 amide bonds. The van der Waals surface area contributed by atoms with Crippen LogP contribution in [0.3, 0.4) is 0 Å². The number of sulfone groups is 2. The van der Waals surface area contributed by atoms with Gasteiger partial charge in [-0.25, -0.2) is 16.8 Å². The zero-order valence-electron chi connectivity index (χ0n) is 10.3. The van der Waals surface area contributed by atoms with Crippen LogP contribution in [-0.2, 0) is 23.8 Å². The second-order valence-corrected chi connectivity index (χ2v) is 9.65. The molecule has 1 heterocycles. The van der Waals surface area contributed by atoms with Gasteiger partial charge in [-0.3, -0.25) is 0 Å². The van der Waals surface area contributed by atoms with Crippen molar-refractivity contribution in [2.24, 2.45) is 5.92 Å². The van der Waals surface area contributed by atoms with Crippen LogP contribution >= 0.6 is 0 Å². The van der Waals surface area contributed by atoms with E-state index in [2.05, 4.69) is 0 Å². The van der Waals surface area contributed by atoms with Gasteiger partial charge in [0.2, 0.25) is 0 Å². The van der Waals surface area contributed by atoms with E-state index >= 15 is 0 Å². The number of hydrogen-bond donors (Lipinski definition) is 0. The van der Waals surface area contributed by atoms with Gasteiger partial charge in [-0.15, -0.1) is 0 Å². The van der Waals surface area contributed by atoms with Crippen molar-refractivity contribution in [1.29, 1.82) is 0 Å². The molecule has 4 nitrogen and oxygen atoms in total. The molecule has 1 aliphatic rings. The molecule has 2 rings (SSSR count). The average Bonchev–Trinajstić information content (AvgIpc) is 2.47. The lowest BCUT2D eigenvalue weighted by molar-refractivity contribution is 0.490. The molecule has 1 aliphatic heterocycles. The minimum absolute atomic E-state index is 0.289. The molecule has 6 heteroatoms. The average molecular weight is 288 g/mol. The van der Waals surface area contributed by atoms with Gasteiger partial charge in [0.05, 0.1) is 11.5 Å². The highest BCUT2D eigenvalue weighted by atomic mass is 32.3. The summed E-state index contributed by atoms with van der Waals surface area (Å²) in [5, 5.41) is 0. The Balaban J connectivity index is 2.88. The molecule has 0 saturated carbocycles. The van der Waals surface area contributed by atoms with E-state index in [-0.39, 0.29) is 11.5 Å². The fourth-order valence-electron chi connectivity index (χ4n) is 2.80. The van der Waals surface area contributed by atoms with Crippen molar-refractivity contribution in [2.45, 2.75) is 17.9 Å². The van der Waals surface area contributed by atoms with Crippen molar-refractivity contribution >= 4 is 19.7 Å². The molecule has 1 aromatic carbocycles. The van der Waals surface area contributed by atoms with Crippen molar-refractivity contribution in [1.82, 2.24) is 0 Å². The Bertz CT molecular complexity index is 609. The molecular weight excluding hydrogens is 272 g/mol. The van der Waals surface area contributed by atoms with Crippen LogP contribution in [0.25, 0.3) is 0 Å².